The lowest BCUT2D eigenvalue weighted by Crippen LogP contribution is -2.14. The molecule has 2 N–H and O–H groups in total. The number of carbonyl (C=O) groups is 2. The maximum absolute atomic E-state index is 13.3. The van der Waals surface area contributed by atoms with Crippen molar-refractivity contribution in [2.75, 3.05) is 5.32 Å². The fraction of sp³-hybridized carbons (Fsp3) is 0.143. The molecule has 1 amide bonds. The lowest BCUT2D eigenvalue weighted by molar-refractivity contribution is 0.0698. The Morgan fingerprint density at radius 3 is 2.56 bits per heavy atom. The van der Waals surface area contributed by atoms with Crippen molar-refractivity contribution < 1.29 is 19.1 Å². The number of anilines is 1. The number of aromatic carboxylic acids is 1. The standard InChI is InChI=1S/C21H20FNO3S/c1-4-6-14(10-9-13(2)3)19-18(21(25)26)17(12-27-19)23-20(24)15-7-5-8-16(22)11-15/h4-12H,1-3H3,(H,23,24)(H,25,26)/b6-4+,14-10+. The van der Waals surface area contributed by atoms with Gasteiger partial charge in [0, 0.05) is 10.9 Å². The first-order chi connectivity index (χ1) is 12.8. The second-order valence-electron chi connectivity index (χ2n) is 5.99. The van der Waals surface area contributed by atoms with Gasteiger partial charge in [0.05, 0.1) is 10.6 Å². The molecule has 4 nitrogen and oxygen atoms in total. The predicted molar refractivity (Wildman–Crippen MR) is 108 cm³/mol. The summed E-state index contributed by atoms with van der Waals surface area (Å²) in [6.07, 6.45) is 7.37. The van der Waals surface area contributed by atoms with E-state index in [4.69, 9.17) is 0 Å². The summed E-state index contributed by atoms with van der Waals surface area (Å²) in [5.74, 6) is -2.25. The highest BCUT2D eigenvalue weighted by atomic mass is 32.1. The summed E-state index contributed by atoms with van der Waals surface area (Å²) in [5, 5.41) is 13.8. The topological polar surface area (TPSA) is 66.4 Å². The van der Waals surface area contributed by atoms with Crippen LogP contribution in [0.5, 0.6) is 0 Å². The number of thiophene rings is 1. The Balaban J connectivity index is 2.45. The number of hydrogen-bond donors (Lipinski definition) is 2. The Bertz CT molecular complexity index is 950. The average molecular weight is 385 g/mol. The summed E-state index contributed by atoms with van der Waals surface area (Å²) in [6, 6.07) is 5.22. The largest absolute Gasteiger partial charge is 0.478 e. The molecule has 0 aliphatic rings. The molecular weight excluding hydrogens is 365 g/mol. The van der Waals surface area contributed by atoms with Gasteiger partial charge in [-0.15, -0.1) is 11.3 Å². The van der Waals surface area contributed by atoms with Gasteiger partial charge >= 0.3 is 5.97 Å². The van der Waals surface area contributed by atoms with Crippen LogP contribution in [-0.4, -0.2) is 17.0 Å². The van der Waals surface area contributed by atoms with Crippen LogP contribution in [0.4, 0.5) is 10.1 Å². The van der Waals surface area contributed by atoms with E-state index in [2.05, 4.69) is 5.32 Å². The molecule has 0 radical (unpaired) electrons. The van der Waals surface area contributed by atoms with Crippen LogP contribution in [0.25, 0.3) is 5.57 Å². The molecule has 0 bridgehead atoms. The third-order valence-electron chi connectivity index (χ3n) is 3.54. The summed E-state index contributed by atoms with van der Waals surface area (Å²) in [5.41, 5.74) is 2.12. The van der Waals surface area contributed by atoms with Crippen LogP contribution in [0.2, 0.25) is 0 Å². The zero-order chi connectivity index (χ0) is 20.0. The highest BCUT2D eigenvalue weighted by Crippen LogP contribution is 2.34. The number of rotatable bonds is 6. The summed E-state index contributed by atoms with van der Waals surface area (Å²) < 4.78 is 13.3. The van der Waals surface area contributed by atoms with E-state index < -0.39 is 17.7 Å². The van der Waals surface area contributed by atoms with Crippen LogP contribution < -0.4 is 5.32 Å². The van der Waals surface area contributed by atoms with E-state index in [1.54, 1.807) is 5.38 Å². The molecule has 27 heavy (non-hydrogen) atoms. The minimum absolute atomic E-state index is 0.0104. The second kappa shape index (κ2) is 9.09. The number of amides is 1. The van der Waals surface area contributed by atoms with Gasteiger partial charge in [-0.2, -0.15) is 0 Å². The van der Waals surface area contributed by atoms with E-state index in [0.29, 0.717) is 4.88 Å². The van der Waals surface area contributed by atoms with E-state index in [1.165, 1.54) is 29.5 Å². The predicted octanol–water partition coefficient (Wildman–Crippen LogP) is 5.76. The molecule has 1 aromatic carbocycles. The first kappa shape index (κ1) is 20.3. The fourth-order valence-corrected chi connectivity index (χ4v) is 3.34. The first-order valence-corrected chi connectivity index (χ1v) is 9.11. The maximum Gasteiger partial charge on any atom is 0.339 e. The number of allylic oxidation sites excluding steroid dienone is 6. The van der Waals surface area contributed by atoms with Crippen LogP contribution in [-0.2, 0) is 0 Å². The molecular formula is C21H20FNO3S. The van der Waals surface area contributed by atoms with Gasteiger partial charge in [-0.1, -0.05) is 35.9 Å². The Hall–Kier alpha value is -2.99. The third-order valence-corrected chi connectivity index (χ3v) is 4.57. The van der Waals surface area contributed by atoms with Crippen molar-refractivity contribution in [1.29, 1.82) is 0 Å². The maximum atomic E-state index is 13.3. The molecule has 0 aliphatic heterocycles. The van der Waals surface area contributed by atoms with Crippen molar-refractivity contribution in [3.05, 3.63) is 81.3 Å². The van der Waals surface area contributed by atoms with Crippen LogP contribution in [0, 0.1) is 5.82 Å². The molecule has 0 saturated heterocycles. The minimum atomic E-state index is -1.15. The van der Waals surface area contributed by atoms with Crippen molar-refractivity contribution in [2.24, 2.45) is 0 Å². The van der Waals surface area contributed by atoms with Crippen molar-refractivity contribution in [2.45, 2.75) is 20.8 Å². The number of carbonyl (C=O) groups excluding carboxylic acids is 1. The lowest BCUT2D eigenvalue weighted by Gasteiger charge is -2.07. The van der Waals surface area contributed by atoms with E-state index in [0.717, 1.165) is 17.2 Å². The molecule has 0 aliphatic carbocycles. The van der Waals surface area contributed by atoms with Gasteiger partial charge in [0.1, 0.15) is 11.4 Å². The van der Waals surface area contributed by atoms with Gasteiger partial charge in [0.15, 0.2) is 0 Å². The van der Waals surface area contributed by atoms with E-state index in [9.17, 15) is 19.1 Å². The minimum Gasteiger partial charge on any atom is -0.478 e. The molecule has 1 aromatic heterocycles. The van der Waals surface area contributed by atoms with Crippen molar-refractivity contribution in [1.82, 2.24) is 0 Å². The van der Waals surface area contributed by atoms with Crippen LogP contribution in [0.3, 0.4) is 0 Å². The van der Waals surface area contributed by atoms with E-state index >= 15 is 0 Å². The Morgan fingerprint density at radius 2 is 1.96 bits per heavy atom. The highest BCUT2D eigenvalue weighted by molar-refractivity contribution is 7.12. The summed E-state index contributed by atoms with van der Waals surface area (Å²) >= 11 is 1.23. The number of halogens is 1. The zero-order valence-corrected chi connectivity index (χ0v) is 16.1. The molecule has 0 saturated carbocycles. The van der Waals surface area contributed by atoms with E-state index in [-0.39, 0.29) is 16.8 Å². The molecule has 0 unspecified atom stereocenters. The molecule has 2 aromatic rings. The Kier molecular flexibility index (Phi) is 6.85. The van der Waals surface area contributed by atoms with Gasteiger partial charge in [0.2, 0.25) is 0 Å². The van der Waals surface area contributed by atoms with Crippen LogP contribution in [0.15, 0.2) is 59.5 Å². The highest BCUT2D eigenvalue weighted by Gasteiger charge is 2.22. The number of nitrogens with one attached hydrogen (secondary N) is 1. The van der Waals surface area contributed by atoms with Gasteiger partial charge in [0.25, 0.3) is 5.91 Å². The third kappa shape index (κ3) is 5.24. The van der Waals surface area contributed by atoms with Crippen molar-refractivity contribution in [3.63, 3.8) is 0 Å². The zero-order valence-electron chi connectivity index (χ0n) is 15.2. The van der Waals surface area contributed by atoms with Gasteiger partial charge in [-0.3, -0.25) is 4.79 Å². The molecule has 0 spiro atoms. The van der Waals surface area contributed by atoms with Crippen molar-refractivity contribution in [3.8, 4) is 0 Å². The Labute approximate surface area is 161 Å². The quantitative estimate of drug-likeness (QED) is 0.621. The van der Waals surface area contributed by atoms with Crippen LogP contribution in [0.1, 0.15) is 46.4 Å². The van der Waals surface area contributed by atoms with Gasteiger partial charge < -0.3 is 10.4 Å². The van der Waals surface area contributed by atoms with Gasteiger partial charge in [-0.05, 0) is 44.5 Å². The molecule has 140 valence electrons. The normalized spacial score (nSPS) is 11.5. The smallest absolute Gasteiger partial charge is 0.339 e. The monoisotopic (exact) mass is 385 g/mol. The second-order valence-corrected chi connectivity index (χ2v) is 6.87. The number of carboxylic acid groups (broad SMARTS) is 1. The van der Waals surface area contributed by atoms with Crippen LogP contribution >= 0.6 is 11.3 Å². The summed E-state index contributed by atoms with van der Waals surface area (Å²) in [4.78, 5) is 24.7. The first-order valence-electron chi connectivity index (χ1n) is 8.23. The number of benzene rings is 1. The van der Waals surface area contributed by atoms with E-state index in [1.807, 2.05) is 45.1 Å². The SMILES string of the molecule is C/C=C/C(=C\C=C(C)C)c1scc(NC(=O)c2cccc(F)c2)c1C(=O)O. The number of carboxylic acids is 1. The number of hydrogen-bond acceptors (Lipinski definition) is 3. The summed E-state index contributed by atoms with van der Waals surface area (Å²) in [6.45, 7) is 5.74. The van der Waals surface area contributed by atoms with Gasteiger partial charge in [-0.25, -0.2) is 9.18 Å². The lowest BCUT2D eigenvalue weighted by atomic mass is 10.1. The Morgan fingerprint density at radius 1 is 1.22 bits per heavy atom. The fourth-order valence-electron chi connectivity index (χ4n) is 2.34. The van der Waals surface area contributed by atoms with Crippen molar-refractivity contribution >= 4 is 34.5 Å². The molecule has 1 heterocycles. The molecule has 2 rings (SSSR count). The molecule has 0 atom stereocenters. The molecule has 0 fully saturated rings. The summed E-state index contributed by atoms with van der Waals surface area (Å²) in [7, 11) is 0. The molecule has 6 heteroatoms. The average Bonchev–Trinajstić information content (AvgIpc) is 3.02.